The van der Waals surface area contributed by atoms with Gasteiger partial charge in [0.05, 0.1) is 6.20 Å². The highest BCUT2D eigenvalue weighted by Crippen LogP contribution is 2.23. The number of fused-ring (bicyclic) bond motifs is 1. The summed E-state index contributed by atoms with van der Waals surface area (Å²) in [6, 6.07) is 5.10. The lowest BCUT2D eigenvalue weighted by molar-refractivity contribution is 0.0899. The minimum absolute atomic E-state index is 0.261. The molecule has 0 amide bonds. The molecule has 0 fully saturated rings. The molecule has 144 valence electrons. The van der Waals surface area contributed by atoms with Crippen molar-refractivity contribution in [3.8, 4) is 5.88 Å². The number of nitrogens with two attached hydrogens (primary N) is 1. The van der Waals surface area contributed by atoms with Crippen molar-refractivity contribution in [3.05, 3.63) is 40.9 Å². The number of nitrogens with zero attached hydrogens (tertiary/aromatic N) is 4. The van der Waals surface area contributed by atoms with Crippen LogP contribution in [0, 0.1) is 0 Å². The summed E-state index contributed by atoms with van der Waals surface area (Å²) in [5.41, 5.74) is 7.69. The number of nitrogen functional groups attached to an aromatic ring is 1. The Balaban J connectivity index is 1.69. The molecule has 0 aliphatic rings. The molecule has 0 aliphatic heterocycles. The molecule has 9 heteroatoms. The van der Waals surface area contributed by atoms with E-state index in [9.17, 15) is 0 Å². The molecule has 0 aliphatic carbocycles. The maximum atomic E-state index is 5.85. The molecule has 27 heavy (non-hydrogen) atoms. The number of hydrogen-bond donors (Lipinski definition) is 1. The molecule has 3 heterocycles. The number of halogens is 1. The number of aromatic nitrogens is 4. The Morgan fingerprint density at radius 1 is 1.22 bits per heavy atom. The van der Waals surface area contributed by atoms with Crippen LogP contribution in [0.3, 0.4) is 0 Å². The van der Waals surface area contributed by atoms with Gasteiger partial charge in [-0.15, -0.1) is 0 Å². The van der Waals surface area contributed by atoms with Crippen LogP contribution in [-0.4, -0.2) is 34.2 Å². The third kappa shape index (κ3) is 5.27. The Morgan fingerprint density at radius 2 is 2.04 bits per heavy atom. The van der Waals surface area contributed by atoms with Gasteiger partial charge in [0.1, 0.15) is 23.6 Å². The van der Waals surface area contributed by atoms with E-state index >= 15 is 0 Å². The average Bonchev–Trinajstić information content (AvgIpc) is 3.02. The molecular weight excluding hydrogens is 426 g/mol. The summed E-state index contributed by atoms with van der Waals surface area (Å²) in [4.78, 5) is 12.7. The highest BCUT2D eigenvalue weighted by atomic mass is 79.9. The monoisotopic (exact) mass is 449 g/mol. The van der Waals surface area contributed by atoms with Crippen LogP contribution in [-0.2, 0) is 18.1 Å². The van der Waals surface area contributed by atoms with Gasteiger partial charge in [-0.2, -0.15) is 0 Å². The van der Waals surface area contributed by atoms with E-state index in [1.54, 1.807) is 6.20 Å². The Morgan fingerprint density at radius 3 is 2.81 bits per heavy atom. The van der Waals surface area contributed by atoms with E-state index in [0.717, 1.165) is 29.2 Å². The fourth-order valence-electron chi connectivity index (χ4n) is 2.53. The van der Waals surface area contributed by atoms with E-state index in [2.05, 4.69) is 50.5 Å². The van der Waals surface area contributed by atoms with Crippen LogP contribution in [0.5, 0.6) is 5.88 Å². The minimum atomic E-state index is -1.08. The van der Waals surface area contributed by atoms with Crippen molar-refractivity contribution in [3.63, 3.8) is 0 Å². The third-order valence-electron chi connectivity index (χ3n) is 4.08. The second kappa shape index (κ2) is 8.36. The maximum absolute atomic E-state index is 5.85. The molecule has 3 aromatic heterocycles. The van der Waals surface area contributed by atoms with Gasteiger partial charge in [-0.3, -0.25) is 0 Å². The molecule has 3 rings (SSSR count). The van der Waals surface area contributed by atoms with Crippen LogP contribution in [0.4, 0.5) is 5.82 Å². The first-order chi connectivity index (χ1) is 12.8. The smallest absolute Gasteiger partial charge is 0.258 e. The molecular formula is C18H24BrN5O2Si. The molecule has 3 aromatic rings. The Bertz CT molecular complexity index is 926. The lowest BCUT2D eigenvalue weighted by Crippen LogP contribution is -2.22. The summed E-state index contributed by atoms with van der Waals surface area (Å²) in [6.45, 7) is 8.64. The Hall–Kier alpha value is -1.97. The number of ether oxygens (including phenoxy) is 2. The van der Waals surface area contributed by atoms with Crippen LogP contribution < -0.4 is 10.5 Å². The summed E-state index contributed by atoms with van der Waals surface area (Å²) in [5, 5.41) is 1.02. The molecule has 0 radical (unpaired) electrons. The quantitative estimate of drug-likeness (QED) is 0.411. The summed E-state index contributed by atoms with van der Waals surface area (Å²) >= 11 is 3.27. The molecule has 0 spiro atoms. The van der Waals surface area contributed by atoms with Crippen molar-refractivity contribution in [2.75, 3.05) is 12.3 Å². The molecule has 7 nitrogen and oxygen atoms in total. The van der Waals surface area contributed by atoms with Gasteiger partial charge in [-0.25, -0.2) is 15.0 Å². The van der Waals surface area contributed by atoms with Crippen LogP contribution in [0.2, 0.25) is 25.7 Å². The van der Waals surface area contributed by atoms with Gasteiger partial charge < -0.3 is 19.8 Å². The van der Waals surface area contributed by atoms with Gasteiger partial charge in [0, 0.05) is 38.0 Å². The van der Waals surface area contributed by atoms with Crippen molar-refractivity contribution in [2.24, 2.45) is 0 Å². The van der Waals surface area contributed by atoms with Crippen molar-refractivity contribution in [2.45, 2.75) is 39.0 Å². The first-order valence-electron chi connectivity index (χ1n) is 8.75. The fourth-order valence-corrected chi connectivity index (χ4v) is 3.55. The third-order valence-corrected chi connectivity index (χ3v) is 6.17. The van der Waals surface area contributed by atoms with Crippen molar-refractivity contribution >= 4 is 40.9 Å². The molecule has 0 saturated carbocycles. The van der Waals surface area contributed by atoms with Gasteiger partial charge in [0.25, 0.3) is 5.88 Å². The summed E-state index contributed by atoms with van der Waals surface area (Å²) in [6.07, 6.45) is 5.30. The van der Waals surface area contributed by atoms with Crippen LogP contribution >= 0.6 is 15.9 Å². The van der Waals surface area contributed by atoms with Crippen LogP contribution in [0.1, 0.15) is 5.56 Å². The molecule has 0 unspecified atom stereocenters. The zero-order valence-electron chi connectivity index (χ0n) is 15.8. The summed E-state index contributed by atoms with van der Waals surface area (Å²) < 4.78 is 14.2. The Kier molecular flexibility index (Phi) is 6.13. The topological polar surface area (TPSA) is 88.1 Å². The molecule has 0 saturated heterocycles. The molecule has 2 N–H and O–H groups in total. The van der Waals surface area contributed by atoms with E-state index in [4.69, 9.17) is 15.2 Å². The SMILES string of the molecule is C[Si](C)(C)CCOCn1ccc2c(COc3nc(Br)cnc3N)ccnc21. The minimum Gasteiger partial charge on any atom is -0.470 e. The number of pyridine rings is 1. The molecule has 0 aromatic carbocycles. The second-order valence-corrected chi connectivity index (χ2v) is 13.9. The largest absolute Gasteiger partial charge is 0.470 e. The molecule has 0 atom stereocenters. The Labute approximate surface area is 168 Å². The zero-order valence-corrected chi connectivity index (χ0v) is 18.4. The van der Waals surface area contributed by atoms with Crippen LogP contribution in [0.15, 0.2) is 35.3 Å². The molecule has 0 bridgehead atoms. The van der Waals surface area contributed by atoms with Crippen molar-refractivity contribution in [1.82, 2.24) is 19.5 Å². The lowest BCUT2D eigenvalue weighted by atomic mass is 10.2. The highest BCUT2D eigenvalue weighted by Gasteiger charge is 2.13. The van der Waals surface area contributed by atoms with E-state index < -0.39 is 8.07 Å². The number of rotatable bonds is 8. The second-order valence-electron chi connectivity index (χ2n) is 7.51. The predicted molar refractivity (Wildman–Crippen MR) is 112 cm³/mol. The predicted octanol–water partition coefficient (Wildman–Crippen LogP) is 4.06. The first-order valence-corrected chi connectivity index (χ1v) is 13.2. The van der Waals surface area contributed by atoms with Gasteiger partial charge >= 0.3 is 0 Å². The van der Waals surface area contributed by atoms with Crippen LogP contribution in [0.25, 0.3) is 11.0 Å². The first kappa shape index (κ1) is 19.8. The van der Waals surface area contributed by atoms with Gasteiger partial charge in [-0.1, -0.05) is 19.6 Å². The fraction of sp³-hybridized carbons (Fsp3) is 0.389. The summed E-state index contributed by atoms with van der Waals surface area (Å²) in [5.74, 6) is 0.570. The zero-order chi connectivity index (χ0) is 19.4. The average molecular weight is 450 g/mol. The van der Waals surface area contributed by atoms with E-state index in [-0.39, 0.29) is 5.82 Å². The number of anilines is 1. The van der Waals surface area contributed by atoms with Gasteiger partial charge in [0.15, 0.2) is 5.82 Å². The van der Waals surface area contributed by atoms with E-state index in [0.29, 0.717) is 23.8 Å². The lowest BCUT2D eigenvalue weighted by Gasteiger charge is -2.15. The van der Waals surface area contributed by atoms with E-state index in [1.807, 2.05) is 22.9 Å². The van der Waals surface area contributed by atoms with Gasteiger partial charge in [-0.05, 0) is 34.1 Å². The normalized spacial score (nSPS) is 11.9. The van der Waals surface area contributed by atoms with E-state index in [1.165, 1.54) is 6.20 Å². The van der Waals surface area contributed by atoms with Gasteiger partial charge in [0.2, 0.25) is 0 Å². The maximum Gasteiger partial charge on any atom is 0.258 e. The highest BCUT2D eigenvalue weighted by molar-refractivity contribution is 9.10. The summed E-state index contributed by atoms with van der Waals surface area (Å²) in [7, 11) is -1.08. The standard InChI is InChI=1S/C18H24BrN5O2Si/c1-27(2,3)9-8-25-12-24-7-5-14-13(4-6-21-17(14)24)11-26-18-16(20)22-10-15(19)23-18/h4-7,10H,8-9,11-12H2,1-3H3,(H2,20,22). The number of hydrogen-bond acceptors (Lipinski definition) is 6. The van der Waals surface area contributed by atoms with Crippen molar-refractivity contribution in [1.29, 1.82) is 0 Å². The van der Waals surface area contributed by atoms with Crippen molar-refractivity contribution < 1.29 is 9.47 Å².